The molecular weight excluding hydrogens is 448 g/mol. The van der Waals surface area contributed by atoms with E-state index in [0.717, 1.165) is 12.1 Å². The summed E-state index contributed by atoms with van der Waals surface area (Å²) in [5, 5.41) is 2.99. The van der Waals surface area contributed by atoms with Crippen LogP contribution in [-0.2, 0) is 0 Å². The molecule has 0 unspecified atom stereocenters. The Labute approximate surface area is 205 Å². The number of nitrogens with one attached hydrogen (secondary N) is 1. The molecule has 0 bridgehead atoms. The summed E-state index contributed by atoms with van der Waals surface area (Å²) < 4.78 is 16.3. The molecule has 0 spiro atoms. The van der Waals surface area contributed by atoms with Gasteiger partial charge in [0.15, 0.2) is 11.5 Å². The second-order valence-corrected chi connectivity index (χ2v) is 7.95. The molecule has 3 aromatic rings. The zero-order valence-corrected chi connectivity index (χ0v) is 21.5. The summed E-state index contributed by atoms with van der Waals surface area (Å²) in [4.78, 5) is 41.8. The molecule has 1 N–H and O–H groups in total. The van der Waals surface area contributed by atoms with Gasteiger partial charge >= 0.3 is 0 Å². The predicted octanol–water partition coefficient (Wildman–Crippen LogP) is 4.06. The van der Waals surface area contributed by atoms with Crippen molar-refractivity contribution in [3.63, 3.8) is 0 Å². The van der Waals surface area contributed by atoms with Crippen molar-refractivity contribution < 1.29 is 23.5 Å². The van der Waals surface area contributed by atoms with Crippen LogP contribution >= 0.6 is 0 Å². The molecule has 1 heterocycles. The van der Waals surface area contributed by atoms with Crippen LogP contribution in [0.15, 0.2) is 45.6 Å². The SMILES string of the molecule is CC.COc1ccc(C(=O)c2c(C(=O)NCCCN(C)C)oc3ccc(C)cc3c2=O)cc1OC. The smallest absolute Gasteiger partial charge is 0.287 e. The summed E-state index contributed by atoms with van der Waals surface area (Å²) in [5.74, 6) is -0.780. The molecule has 2 aromatic carbocycles. The molecular formula is C27H34N2O6. The minimum Gasteiger partial charge on any atom is -0.493 e. The van der Waals surface area contributed by atoms with Crippen LogP contribution in [-0.4, -0.2) is 58.0 Å². The quantitative estimate of drug-likeness (QED) is 0.363. The van der Waals surface area contributed by atoms with Crippen molar-refractivity contribution in [2.75, 3.05) is 41.4 Å². The molecule has 0 aliphatic carbocycles. The molecule has 0 fully saturated rings. The molecule has 35 heavy (non-hydrogen) atoms. The van der Waals surface area contributed by atoms with Gasteiger partial charge in [0.1, 0.15) is 11.1 Å². The molecule has 8 nitrogen and oxygen atoms in total. The van der Waals surface area contributed by atoms with Gasteiger partial charge in [0.25, 0.3) is 5.91 Å². The molecule has 0 aliphatic rings. The topological polar surface area (TPSA) is 98.1 Å². The van der Waals surface area contributed by atoms with E-state index in [-0.39, 0.29) is 27.9 Å². The van der Waals surface area contributed by atoms with E-state index < -0.39 is 17.1 Å². The molecule has 0 radical (unpaired) electrons. The van der Waals surface area contributed by atoms with Crippen LogP contribution in [0.1, 0.15) is 52.3 Å². The average molecular weight is 483 g/mol. The zero-order valence-electron chi connectivity index (χ0n) is 21.5. The Balaban J connectivity index is 0.00000210. The third-order valence-corrected chi connectivity index (χ3v) is 5.19. The standard InChI is InChI=1S/C25H28N2O6.C2H6/c1-15-7-9-18-17(13-15)23(29)21(24(33-18)25(30)26-11-6-12-27(2)3)22(28)16-8-10-19(31-4)20(14-16)32-5;1-2/h7-10,13-14H,6,11-12H2,1-5H3,(H,26,30);1-2H3. The van der Waals surface area contributed by atoms with Gasteiger partial charge in [-0.25, -0.2) is 0 Å². The lowest BCUT2D eigenvalue weighted by atomic mass is 9.99. The lowest BCUT2D eigenvalue weighted by molar-refractivity contribution is 0.0912. The van der Waals surface area contributed by atoms with Gasteiger partial charge in [-0.3, -0.25) is 14.4 Å². The Bertz CT molecular complexity index is 1250. The first-order valence-electron chi connectivity index (χ1n) is 11.5. The Morgan fingerprint density at radius 1 is 1.00 bits per heavy atom. The number of benzene rings is 2. The zero-order chi connectivity index (χ0) is 26.1. The Hall–Kier alpha value is -3.65. The maximum Gasteiger partial charge on any atom is 0.287 e. The van der Waals surface area contributed by atoms with E-state index in [2.05, 4.69) is 5.32 Å². The van der Waals surface area contributed by atoms with Crippen LogP contribution in [0, 0.1) is 6.92 Å². The second kappa shape index (κ2) is 12.7. The van der Waals surface area contributed by atoms with Gasteiger partial charge in [0.05, 0.1) is 19.6 Å². The molecule has 0 aliphatic heterocycles. The lowest BCUT2D eigenvalue weighted by Gasteiger charge is -2.13. The molecule has 0 atom stereocenters. The highest BCUT2D eigenvalue weighted by atomic mass is 16.5. The van der Waals surface area contributed by atoms with Crippen molar-refractivity contribution in [3.05, 3.63) is 69.1 Å². The Kier molecular flexibility index (Phi) is 10.0. The highest BCUT2D eigenvalue weighted by Crippen LogP contribution is 2.29. The van der Waals surface area contributed by atoms with E-state index in [1.54, 1.807) is 24.3 Å². The largest absolute Gasteiger partial charge is 0.493 e. The number of ketones is 1. The number of ether oxygens (including phenoxy) is 2. The number of fused-ring (bicyclic) bond motifs is 1. The summed E-state index contributed by atoms with van der Waals surface area (Å²) in [6, 6.07) is 9.60. The van der Waals surface area contributed by atoms with Crippen LogP contribution in [0.3, 0.4) is 0 Å². The minimum absolute atomic E-state index is 0.175. The number of amides is 1. The van der Waals surface area contributed by atoms with Gasteiger partial charge < -0.3 is 24.1 Å². The fourth-order valence-corrected chi connectivity index (χ4v) is 3.47. The van der Waals surface area contributed by atoms with Gasteiger partial charge in [-0.2, -0.15) is 0 Å². The average Bonchev–Trinajstić information content (AvgIpc) is 2.87. The van der Waals surface area contributed by atoms with Gasteiger partial charge in [-0.05, 0) is 64.3 Å². The Morgan fingerprint density at radius 2 is 1.69 bits per heavy atom. The van der Waals surface area contributed by atoms with Crippen molar-refractivity contribution >= 4 is 22.7 Å². The summed E-state index contributed by atoms with van der Waals surface area (Å²) in [6.45, 7) is 6.98. The number of hydrogen-bond acceptors (Lipinski definition) is 7. The lowest BCUT2D eigenvalue weighted by Crippen LogP contribution is -2.31. The van der Waals surface area contributed by atoms with E-state index in [1.807, 2.05) is 39.8 Å². The minimum atomic E-state index is -0.633. The van der Waals surface area contributed by atoms with E-state index in [4.69, 9.17) is 13.9 Å². The maximum absolute atomic E-state index is 13.5. The molecule has 8 heteroatoms. The normalized spacial score (nSPS) is 10.5. The van der Waals surface area contributed by atoms with Crippen molar-refractivity contribution in [2.45, 2.75) is 27.2 Å². The summed E-state index contributed by atoms with van der Waals surface area (Å²) in [6.07, 6.45) is 0.703. The summed E-state index contributed by atoms with van der Waals surface area (Å²) in [5.41, 5.74) is 0.380. The van der Waals surface area contributed by atoms with Crippen molar-refractivity contribution in [1.82, 2.24) is 10.2 Å². The van der Waals surface area contributed by atoms with Gasteiger partial charge in [0.2, 0.25) is 17.0 Å². The number of aryl methyl sites for hydroxylation is 1. The van der Waals surface area contributed by atoms with Crippen LogP contribution in [0.25, 0.3) is 11.0 Å². The van der Waals surface area contributed by atoms with E-state index in [0.29, 0.717) is 24.5 Å². The number of rotatable bonds is 9. The van der Waals surface area contributed by atoms with Crippen LogP contribution in [0.4, 0.5) is 0 Å². The first kappa shape index (κ1) is 27.6. The molecule has 1 amide bonds. The number of hydrogen-bond donors (Lipinski definition) is 1. The third kappa shape index (κ3) is 6.48. The van der Waals surface area contributed by atoms with Crippen molar-refractivity contribution in [3.8, 4) is 11.5 Å². The van der Waals surface area contributed by atoms with Crippen molar-refractivity contribution in [2.24, 2.45) is 0 Å². The number of nitrogens with zero attached hydrogens (tertiary/aromatic N) is 1. The second-order valence-electron chi connectivity index (χ2n) is 7.95. The molecule has 0 saturated heterocycles. The predicted molar refractivity (Wildman–Crippen MR) is 137 cm³/mol. The maximum atomic E-state index is 13.5. The van der Waals surface area contributed by atoms with Crippen LogP contribution in [0.2, 0.25) is 0 Å². The van der Waals surface area contributed by atoms with Crippen molar-refractivity contribution in [1.29, 1.82) is 0 Å². The first-order chi connectivity index (χ1) is 16.8. The highest BCUT2D eigenvalue weighted by Gasteiger charge is 2.27. The van der Waals surface area contributed by atoms with Gasteiger partial charge in [0, 0.05) is 12.1 Å². The van der Waals surface area contributed by atoms with E-state index in [1.165, 1.54) is 26.4 Å². The molecule has 0 saturated carbocycles. The number of carbonyl (C=O) groups is 2. The molecule has 1 aromatic heterocycles. The summed E-state index contributed by atoms with van der Waals surface area (Å²) >= 11 is 0. The fraction of sp³-hybridized carbons (Fsp3) is 0.370. The Morgan fingerprint density at radius 3 is 2.31 bits per heavy atom. The number of methoxy groups -OCH3 is 2. The summed E-state index contributed by atoms with van der Waals surface area (Å²) in [7, 11) is 6.81. The highest BCUT2D eigenvalue weighted by molar-refractivity contribution is 6.15. The molecule has 188 valence electrons. The van der Waals surface area contributed by atoms with Crippen LogP contribution < -0.4 is 20.2 Å². The van der Waals surface area contributed by atoms with Gasteiger partial charge in [-0.1, -0.05) is 25.5 Å². The fourth-order valence-electron chi connectivity index (χ4n) is 3.47. The molecule has 3 rings (SSSR count). The first-order valence-corrected chi connectivity index (χ1v) is 11.5. The van der Waals surface area contributed by atoms with Gasteiger partial charge in [-0.15, -0.1) is 0 Å². The van der Waals surface area contributed by atoms with E-state index >= 15 is 0 Å². The number of carbonyl (C=O) groups excluding carboxylic acids is 2. The monoisotopic (exact) mass is 482 g/mol. The third-order valence-electron chi connectivity index (χ3n) is 5.19. The van der Waals surface area contributed by atoms with E-state index in [9.17, 15) is 14.4 Å². The van der Waals surface area contributed by atoms with Crippen LogP contribution in [0.5, 0.6) is 11.5 Å².